The lowest BCUT2D eigenvalue weighted by Gasteiger charge is -2.18. The van der Waals surface area contributed by atoms with E-state index in [0.29, 0.717) is 16.1 Å². The molecule has 2 rings (SSSR count). The molecule has 0 aliphatic carbocycles. The molecule has 0 saturated heterocycles. The molecule has 0 radical (unpaired) electrons. The minimum atomic E-state index is -0.511. The number of nitro groups is 1. The molecule has 1 N–H and O–H groups in total. The van der Waals surface area contributed by atoms with Crippen molar-refractivity contribution < 1.29 is 14.5 Å². The van der Waals surface area contributed by atoms with Gasteiger partial charge in [-0.2, -0.15) is 0 Å². The SMILES string of the molecule is Cc1cccc(C(=O)NCCC(=O)N(C)Cc2cc([N+](=O)[O-])ccc2Cl)c1. The van der Waals surface area contributed by atoms with Crippen molar-refractivity contribution in [1.29, 1.82) is 0 Å². The Morgan fingerprint density at radius 2 is 1.96 bits per heavy atom. The zero-order valence-corrected chi connectivity index (χ0v) is 15.8. The van der Waals surface area contributed by atoms with E-state index in [0.717, 1.165) is 5.56 Å². The van der Waals surface area contributed by atoms with Crippen LogP contribution in [0.2, 0.25) is 5.02 Å². The van der Waals surface area contributed by atoms with Gasteiger partial charge >= 0.3 is 0 Å². The number of nitrogens with one attached hydrogen (secondary N) is 1. The molecular weight excluding hydrogens is 370 g/mol. The van der Waals surface area contributed by atoms with Gasteiger partial charge in [0.1, 0.15) is 0 Å². The Morgan fingerprint density at radius 3 is 2.63 bits per heavy atom. The van der Waals surface area contributed by atoms with Gasteiger partial charge in [-0.25, -0.2) is 0 Å². The highest BCUT2D eigenvalue weighted by atomic mass is 35.5. The number of rotatable bonds is 7. The van der Waals surface area contributed by atoms with Crippen LogP contribution in [0.15, 0.2) is 42.5 Å². The Balaban J connectivity index is 1.88. The zero-order valence-electron chi connectivity index (χ0n) is 15.1. The highest BCUT2D eigenvalue weighted by molar-refractivity contribution is 6.31. The van der Waals surface area contributed by atoms with Crippen LogP contribution in [0.25, 0.3) is 0 Å². The Morgan fingerprint density at radius 1 is 1.22 bits per heavy atom. The Bertz CT molecular complexity index is 870. The molecule has 0 aliphatic rings. The number of nitrogens with zero attached hydrogens (tertiary/aromatic N) is 2. The van der Waals surface area contributed by atoms with Gasteiger partial charge in [-0.05, 0) is 30.7 Å². The highest BCUT2D eigenvalue weighted by Crippen LogP contribution is 2.23. The van der Waals surface area contributed by atoms with Gasteiger partial charge in [0.15, 0.2) is 0 Å². The molecule has 142 valence electrons. The first kappa shape index (κ1) is 20.4. The number of hydrogen-bond donors (Lipinski definition) is 1. The van der Waals surface area contributed by atoms with Crippen LogP contribution in [-0.4, -0.2) is 35.2 Å². The summed E-state index contributed by atoms with van der Waals surface area (Å²) in [5.74, 6) is -0.446. The average molecular weight is 390 g/mol. The van der Waals surface area contributed by atoms with Crippen molar-refractivity contribution in [2.75, 3.05) is 13.6 Å². The van der Waals surface area contributed by atoms with Crippen LogP contribution in [-0.2, 0) is 11.3 Å². The molecule has 27 heavy (non-hydrogen) atoms. The summed E-state index contributed by atoms with van der Waals surface area (Å²) >= 11 is 6.06. The zero-order chi connectivity index (χ0) is 20.0. The van der Waals surface area contributed by atoms with Crippen LogP contribution in [0, 0.1) is 17.0 Å². The van der Waals surface area contributed by atoms with Gasteiger partial charge in [-0.1, -0.05) is 29.3 Å². The summed E-state index contributed by atoms with van der Waals surface area (Å²) in [5, 5.41) is 13.9. The standard InChI is InChI=1S/C19H20ClN3O4/c1-13-4-3-5-14(10-13)19(25)21-9-8-18(24)22(2)12-15-11-16(23(26)27)6-7-17(15)20/h3-7,10-11H,8-9,12H2,1-2H3,(H,21,25). The number of hydrogen-bond acceptors (Lipinski definition) is 4. The van der Waals surface area contributed by atoms with Gasteiger partial charge in [-0.3, -0.25) is 19.7 Å². The quantitative estimate of drug-likeness (QED) is 0.580. The number of non-ortho nitro benzene ring substituents is 1. The highest BCUT2D eigenvalue weighted by Gasteiger charge is 2.15. The van der Waals surface area contributed by atoms with E-state index in [4.69, 9.17) is 11.6 Å². The molecule has 0 fully saturated rings. The van der Waals surface area contributed by atoms with E-state index in [2.05, 4.69) is 5.32 Å². The predicted octanol–water partition coefficient (Wildman–Crippen LogP) is 3.34. The first-order valence-corrected chi connectivity index (χ1v) is 8.67. The lowest BCUT2D eigenvalue weighted by molar-refractivity contribution is -0.384. The van der Waals surface area contributed by atoms with E-state index in [9.17, 15) is 19.7 Å². The average Bonchev–Trinajstić information content (AvgIpc) is 2.63. The van der Waals surface area contributed by atoms with Crippen LogP contribution < -0.4 is 5.32 Å². The van der Waals surface area contributed by atoms with Crippen molar-refractivity contribution in [1.82, 2.24) is 10.2 Å². The minimum Gasteiger partial charge on any atom is -0.352 e. The summed E-state index contributed by atoms with van der Waals surface area (Å²) in [6.07, 6.45) is 0.112. The molecule has 0 aliphatic heterocycles. The van der Waals surface area contributed by atoms with Crippen LogP contribution in [0.1, 0.15) is 27.9 Å². The molecule has 0 atom stereocenters. The number of aryl methyl sites for hydroxylation is 1. The number of carbonyl (C=O) groups is 2. The second-order valence-corrected chi connectivity index (χ2v) is 6.57. The molecule has 0 heterocycles. The van der Waals surface area contributed by atoms with E-state index < -0.39 is 4.92 Å². The summed E-state index contributed by atoms with van der Waals surface area (Å²) in [6.45, 7) is 2.23. The Labute approximate surface area is 162 Å². The van der Waals surface area contributed by atoms with Crippen molar-refractivity contribution in [3.63, 3.8) is 0 Å². The van der Waals surface area contributed by atoms with E-state index in [1.165, 1.54) is 23.1 Å². The molecule has 7 nitrogen and oxygen atoms in total. The number of amides is 2. The number of halogens is 1. The van der Waals surface area contributed by atoms with Crippen LogP contribution >= 0.6 is 11.6 Å². The normalized spacial score (nSPS) is 10.3. The Hall–Kier alpha value is -2.93. The van der Waals surface area contributed by atoms with Crippen LogP contribution in [0.5, 0.6) is 0 Å². The smallest absolute Gasteiger partial charge is 0.269 e. The van der Waals surface area contributed by atoms with Gasteiger partial charge < -0.3 is 10.2 Å². The monoisotopic (exact) mass is 389 g/mol. The first-order chi connectivity index (χ1) is 12.8. The summed E-state index contributed by atoms with van der Waals surface area (Å²) in [4.78, 5) is 36.1. The minimum absolute atomic E-state index is 0.0827. The summed E-state index contributed by atoms with van der Waals surface area (Å²) < 4.78 is 0. The Kier molecular flexibility index (Phi) is 6.90. The molecule has 8 heteroatoms. The fourth-order valence-electron chi connectivity index (χ4n) is 2.50. The van der Waals surface area contributed by atoms with Crippen LogP contribution in [0.3, 0.4) is 0 Å². The van der Waals surface area contributed by atoms with Crippen molar-refractivity contribution in [3.8, 4) is 0 Å². The van der Waals surface area contributed by atoms with Crippen molar-refractivity contribution in [2.24, 2.45) is 0 Å². The summed E-state index contributed by atoms with van der Waals surface area (Å²) in [7, 11) is 1.58. The van der Waals surface area contributed by atoms with E-state index in [-0.39, 0.29) is 37.0 Å². The summed E-state index contributed by atoms with van der Waals surface area (Å²) in [5.41, 5.74) is 1.93. The third-order valence-electron chi connectivity index (χ3n) is 3.98. The molecular formula is C19H20ClN3O4. The molecule has 0 spiro atoms. The first-order valence-electron chi connectivity index (χ1n) is 8.29. The molecule has 0 bridgehead atoms. The second kappa shape index (κ2) is 9.14. The van der Waals surface area contributed by atoms with Gasteiger partial charge in [0.2, 0.25) is 5.91 Å². The third-order valence-corrected chi connectivity index (χ3v) is 4.35. The van der Waals surface area contributed by atoms with Gasteiger partial charge in [0.05, 0.1) is 4.92 Å². The lowest BCUT2D eigenvalue weighted by Crippen LogP contribution is -2.32. The van der Waals surface area contributed by atoms with Gasteiger partial charge in [-0.15, -0.1) is 0 Å². The fraction of sp³-hybridized carbons (Fsp3) is 0.263. The molecule has 2 amide bonds. The van der Waals surface area contributed by atoms with Crippen molar-refractivity contribution >= 4 is 29.1 Å². The fourth-order valence-corrected chi connectivity index (χ4v) is 2.68. The maximum atomic E-state index is 12.2. The maximum Gasteiger partial charge on any atom is 0.269 e. The summed E-state index contributed by atoms with van der Waals surface area (Å²) in [6, 6.07) is 11.3. The molecule has 2 aromatic carbocycles. The molecule has 0 saturated carbocycles. The molecule has 2 aromatic rings. The maximum absolute atomic E-state index is 12.2. The largest absolute Gasteiger partial charge is 0.352 e. The van der Waals surface area contributed by atoms with Crippen molar-refractivity contribution in [3.05, 3.63) is 74.3 Å². The molecule has 0 aromatic heterocycles. The second-order valence-electron chi connectivity index (χ2n) is 6.16. The van der Waals surface area contributed by atoms with Crippen molar-refractivity contribution in [2.45, 2.75) is 19.9 Å². The number of benzene rings is 2. The van der Waals surface area contributed by atoms with E-state index in [1.54, 1.807) is 25.2 Å². The van der Waals surface area contributed by atoms with Gasteiger partial charge in [0, 0.05) is 49.3 Å². The topological polar surface area (TPSA) is 92.6 Å². The molecule has 0 unspecified atom stereocenters. The third kappa shape index (κ3) is 5.79. The van der Waals surface area contributed by atoms with E-state index in [1.807, 2.05) is 13.0 Å². The van der Waals surface area contributed by atoms with Gasteiger partial charge in [0.25, 0.3) is 11.6 Å². The lowest BCUT2D eigenvalue weighted by atomic mass is 10.1. The number of carbonyl (C=O) groups excluding carboxylic acids is 2. The number of nitro benzene ring substituents is 1. The van der Waals surface area contributed by atoms with Crippen LogP contribution in [0.4, 0.5) is 5.69 Å². The van der Waals surface area contributed by atoms with E-state index >= 15 is 0 Å². The predicted molar refractivity (Wildman–Crippen MR) is 103 cm³/mol.